The van der Waals surface area contributed by atoms with E-state index in [0.29, 0.717) is 0 Å². The summed E-state index contributed by atoms with van der Waals surface area (Å²) in [5, 5.41) is 8.03. The summed E-state index contributed by atoms with van der Waals surface area (Å²) in [7, 11) is 0. The average Bonchev–Trinajstić information content (AvgIpc) is 2.59. The molecule has 0 atom stereocenters. The Balaban J connectivity index is 0. The molecule has 24 heavy (non-hydrogen) atoms. The van der Waals surface area contributed by atoms with Gasteiger partial charge in [0.05, 0.1) is 32.6 Å². The molecule has 0 aliphatic carbocycles. The first kappa shape index (κ1) is 26.0. The normalized spacial score (nSPS) is 11.0. The summed E-state index contributed by atoms with van der Waals surface area (Å²) in [6.07, 6.45) is 13.2. The number of rotatable bonds is 15. The van der Waals surface area contributed by atoms with Gasteiger partial charge in [-0.2, -0.15) is 11.8 Å². The molecule has 0 aromatic carbocycles. The van der Waals surface area contributed by atoms with E-state index in [2.05, 4.69) is 27.7 Å². The Labute approximate surface area is 156 Å². The zero-order chi connectivity index (χ0) is 18.7. The van der Waals surface area contributed by atoms with Crippen LogP contribution in [0.3, 0.4) is 0 Å². The number of unbranched alkanes of at least 4 members (excludes halogenated alkanes) is 4. The standard InChI is InChI=1S/C16H36N.C4H8O2S/c1-5-9-13-17(14-10-6-2,15-11-7-3)16-12-8-4;1-7-3-2-4(5)6/h5-16H2,1-4H3;2-3H2,1H3,(H,5,6)/q+1;. The van der Waals surface area contributed by atoms with E-state index < -0.39 is 5.97 Å². The molecule has 0 aromatic heterocycles. The molecule has 146 valence electrons. The molecule has 3 nitrogen and oxygen atoms in total. The van der Waals surface area contributed by atoms with Gasteiger partial charge in [-0.1, -0.05) is 53.4 Å². The second-order valence-corrected chi connectivity index (χ2v) is 7.77. The van der Waals surface area contributed by atoms with Crippen LogP contribution in [0.2, 0.25) is 0 Å². The Kier molecular flexibility index (Phi) is 20.7. The van der Waals surface area contributed by atoms with Crippen LogP contribution in [-0.4, -0.2) is 53.7 Å². The van der Waals surface area contributed by atoms with Crippen molar-refractivity contribution < 1.29 is 14.4 Å². The lowest BCUT2D eigenvalue weighted by molar-refractivity contribution is -0.929. The molecule has 0 saturated carbocycles. The van der Waals surface area contributed by atoms with Gasteiger partial charge in [-0.05, 0) is 31.9 Å². The average molecular weight is 363 g/mol. The molecule has 4 heteroatoms. The summed E-state index contributed by atoms with van der Waals surface area (Å²) in [5.74, 6) is 0.00403. The molecule has 0 amide bonds. The lowest BCUT2D eigenvalue weighted by Gasteiger charge is -2.39. The van der Waals surface area contributed by atoms with E-state index in [1.54, 1.807) is 11.8 Å². The van der Waals surface area contributed by atoms with Crippen molar-refractivity contribution >= 4 is 17.7 Å². The Morgan fingerprint density at radius 2 is 1.12 bits per heavy atom. The third-order valence-corrected chi connectivity index (χ3v) is 5.08. The molecule has 0 fully saturated rings. The highest BCUT2D eigenvalue weighted by Gasteiger charge is 2.24. The molecule has 0 bridgehead atoms. The van der Waals surface area contributed by atoms with Gasteiger partial charge in [0.25, 0.3) is 0 Å². The summed E-state index contributed by atoms with van der Waals surface area (Å²) in [6, 6.07) is 0. The summed E-state index contributed by atoms with van der Waals surface area (Å²) in [4.78, 5) is 9.74. The van der Waals surface area contributed by atoms with Crippen molar-refractivity contribution in [2.45, 2.75) is 85.5 Å². The van der Waals surface area contributed by atoms with Crippen molar-refractivity contribution in [2.75, 3.05) is 38.2 Å². The zero-order valence-electron chi connectivity index (χ0n) is 17.1. The minimum atomic E-state index is -0.714. The lowest BCUT2D eigenvalue weighted by Crippen LogP contribution is -2.50. The minimum Gasteiger partial charge on any atom is -0.481 e. The van der Waals surface area contributed by atoms with Crippen LogP contribution in [0, 0.1) is 0 Å². The maximum atomic E-state index is 9.74. The van der Waals surface area contributed by atoms with Crippen molar-refractivity contribution in [2.24, 2.45) is 0 Å². The fraction of sp³-hybridized carbons (Fsp3) is 0.950. The van der Waals surface area contributed by atoms with Gasteiger partial charge in [-0.3, -0.25) is 4.79 Å². The number of hydrogen-bond donors (Lipinski definition) is 1. The molecule has 1 N–H and O–H groups in total. The highest BCUT2D eigenvalue weighted by atomic mass is 32.2. The summed E-state index contributed by atoms with van der Waals surface area (Å²) >= 11 is 1.55. The predicted octanol–water partition coefficient (Wildman–Crippen LogP) is 5.83. The van der Waals surface area contributed by atoms with Crippen LogP contribution in [0.1, 0.15) is 85.5 Å². The van der Waals surface area contributed by atoms with Gasteiger partial charge in [0.2, 0.25) is 0 Å². The lowest BCUT2D eigenvalue weighted by atomic mass is 10.1. The van der Waals surface area contributed by atoms with Crippen LogP contribution < -0.4 is 0 Å². The number of hydrogen-bond acceptors (Lipinski definition) is 2. The molecule has 0 aromatic rings. The SMILES string of the molecule is CCCC[N+](CCCC)(CCCC)CCCC.CSCCC(=O)O. The fourth-order valence-electron chi connectivity index (χ4n) is 2.83. The van der Waals surface area contributed by atoms with E-state index in [1.165, 1.54) is 82.0 Å². The topological polar surface area (TPSA) is 37.3 Å². The Morgan fingerprint density at radius 3 is 1.29 bits per heavy atom. The van der Waals surface area contributed by atoms with Crippen molar-refractivity contribution in [3.8, 4) is 0 Å². The molecule has 0 aliphatic heterocycles. The van der Waals surface area contributed by atoms with Crippen LogP contribution in [0.5, 0.6) is 0 Å². The second-order valence-electron chi connectivity index (χ2n) is 6.79. The number of carboxylic acid groups (broad SMARTS) is 1. The zero-order valence-corrected chi connectivity index (χ0v) is 17.9. The minimum absolute atomic E-state index is 0.279. The van der Waals surface area contributed by atoms with E-state index in [1.807, 2.05) is 6.26 Å². The van der Waals surface area contributed by atoms with Crippen LogP contribution >= 0.6 is 11.8 Å². The van der Waals surface area contributed by atoms with E-state index in [0.717, 1.165) is 5.75 Å². The van der Waals surface area contributed by atoms with Crippen molar-refractivity contribution in [1.82, 2.24) is 0 Å². The van der Waals surface area contributed by atoms with E-state index in [4.69, 9.17) is 5.11 Å². The van der Waals surface area contributed by atoms with E-state index in [9.17, 15) is 4.79 Å². The number of thioether (sulfide) groups is 1. The molecule has 0 aliphatic rings. The van der Waals surface area contributed by atoms with Crippen molar-refractivity contribution in [3.05, 3.63) is 0 Å². The van der Waals surface area contributed by atoms with Crippen LogP contribution in [0.15, 0.2) is 0 Å². The smallest absolute Gasteiger partial charge is 0.304 e. The van der Waals surface area contributed by atoms with E-state index in [-0.39, 0.29) is 6.42 Å². The van der Waals surface area contributed by atoms with Crippen molar-refractivity contribution in [3.63, 3.8) is 0 Å². The first-order valence-electron chi connectivity index (χ1n) is 10.1. The van der Waals surface area contributed by atoms with Gasteiger partial charge in [-0.15, -0.1) is 0 Å². The van der Waals surface area contributed by atoms with Gasteiger partial charge in [-0.25, -0.2) is 0 Å². The molecule has 0 radical (unpaired) electrons. The molecule has 0 rings (SSSR count). The molecular weight excluding hydrogens is 318 g/mol. The van der Waals surface area contributed by atoms with Gasteiger partial charge in [0.1, 0.15) is 0 Å². The molecule has 0 unspecified atom stereocenters. The van der Waals surface area contributed by atoms with Gasteiger partial charge in [0, 0.05) is 5.75 Å². The predicted molar refractivity (Wildman–Crippen MR) is 110 cm³/mol. The molecule has 0 spiro atoms. The fourth-order valence-corrected chi connectivity index (χ4v) is 3.21. The quantitative estimate of drug-likeness (QED) is 0.372. The number of carbonyl (C=O) groups is 1. The maximum Gasteiger partial charge on any atom is 0.304 e. The highest BCUT2D eigenvalue weighted by molar-refractivity contribution is 7.98. The third kappa shape index (κ3) is 16.6. The van der Waals surface area contributed by atoms with Crippen molar-refractivity contribution in [1.29, 1.82) is 0 Å². The number of aliphatic carboxylic acids is 1. The van der Waals surface area contributed by atoms with Crippen LogP contribution in [0.4, 0.5) is 0 Å². The second kappa shape index (κ2) is 19.1. The Bertz CT molecular complexity index is 235. The monoisotopic (exact) mass is 362 g/mol. The van der Waals surface area contributed by atoms with Gasteiger partial charge in [0.15, 0.2) is 0 Å². The van der Waals surface area contributed by atoms with Crippen LogP contribution in [0.25, 0.3) is 0 Å². The summed E-state index contributed by atoms with van der Waals surface area (Å²) in [6.45, 7) is 15.0. The molecule has 0 heterocycles. The van der Waals surface area contributed by atoms with Gasteiger partial charge < -0.3 is 9.59 Å². The summed E-state index contributed by atoms with van der Waals surface area (Å²) in [5.41, 5.74) is 0. The molecular formula is C20H44NO2S+. The number of nitrogens with zero attached hydrogens (tertiary/aromatic N) is 1. The first-order valence-corrected chi connectivity index (χ1v) is 11.5. The first-order chi connectivity index (χ1) is 11.5. The molecule has 0 saturated heterocycles. The largest absolute Gasteiger partial charge is 0.481 e. The van der Waals surface area contributed by atoms with Gasteiger partial charge >= 0.3 is 5.97 Å². The van der Waals surface area contributed by atoms with E-state index >= 15 is 0 Å². The number of quaternary nitrogens is 1. The third-order valence-electron chi connectivity index (χ3n) is 4.46. The summed E-state index contributed by atoms with van der Waals surface area (Å²) < 4.78 is 1.42. The maximum absolute atomic E-state index is 9.74. The number of carboxylic acids is 1. The van der Waals surface area contributed by atoms with Crippen LogP contribution in [-0.2, 0) is 4.79 Å². The highest BCUT2D eigenvalue weighted by Crippen LogP contribution is 2.16. The Morgan fingerprint density at radius 1 is 0.792 bits per heavy atom. The Hall–Kier alpha value is -0.220.